The zero-order chi connectivity index (χ0) is 13.0. The third-order valence-electron chi connectivity index (χ3n) is 2.44. The maximum absolute atomic E-state index is 5.75. The van der Waals surface area contributed by atoms with E-state index in [2.05, 4.69) is 49.1 Å². The fraction of sp³-hybridized carbons (Fsp3) is 0.417. The maximum atomic E-state index is 5.75. The Morgan fingerprint density at radius 3 is 2.94 bits per heavy atom. The summed E-state index contributed by atoms with van der Waals surface area (Å²) >= 11 is 8.59. The van der Waals surface area contributed by atoms with E-state index in [4.69, 9.17) is 4.42 Å². The second kappa shape index (κ2) is 6.84. The van der Waals surface area contributed by atoms with E-state index in [9.17, 15) is 0 Å². The highest BCUT2D eigenvalue weighted by molar-refractivity contribution is 9.13. The van der Waals surface area contributed by atoms with Crippen LogP contribution in [-0.4, -0.2) is 18.1 Å². The third-order valence-corrected chi connectivity index (χ3v) is 5.71. The first-order chi connectivity index (χ1) is 8.70. The van der Waals surface area contributed by atoms with Crippen molar-refractivity contribution in [2.75, 3.05) is 13.1 Å². The van der Waals surface area contributed by atoms with Crippen LogP contribution in [0.2, 0.25) is 0 Å². The van der Waals surface area contributed by atoms with Gasteiger partial charge in [0.15, 0.2) is 11.7 Å². The summed E-state index contributed by atoms with van der Waals surface area (Å²) in [7, 11) is 0. The molecule has 0 atom stereocenters. The lowest BCUT2D eigenvalue weighted by Crippen LogP contribution is -2.14. The molecule has 2 aromatic heterocycles. The van der Waals surface area contributed by atoms with Crippen molar-refractivity contribution in [3.05, 3.63) is 26.4 Å². The van der Waals surface area contributed by atoms with Gasteiger partial charge in [0.1, 0.15) is 0 Å². The van der Waals surface area contributed by atoms with Gasteiger partial charge < -0.3 is 9.73 Å². The summed E-state index contributed by atoms with van der Waals surface area (Å²) in [5, 5.41) is 3.29. The molecule has 0 amide bonds. The Morgan fingerprint density at radius 2 is 2.28 bits per heavy atom. The van der Waals surface area contributed by atoms with Crippen molar-refractivity contribution < 1.29 is 4.42 Å². The van der Waals surface area contributed by atoms with Crippen LogP contribution in [-0.2, 0) is 6.42 Å². The van der Waals surface area contributed by atoms with Crippen LogP contribution >= 0.6 is 43.2 Å². The Balaban J connectivity index is 1.97. The fourth-order valence-corrected chi connectivity index (χ4v) is 3.53. The molecular formula is C12H14Br2N2OS. The van der Waals surface area contributed by atoms with Crippen molar-refractivity contribution in [3.63, 3.8) is 0 Å². The first-order valence-corrected chi connectivity index (χ1v) is 8.21. The standard InChI is InChI=1S/C12H14Br2N2OS/c1-2-15-5-3-4-11-16-7-9(17-11)10-6-8(13)12(14)18-10/h6-7,15H,2-5H2,1H3. The Bertz CT molecular complexity index is 490. The van der Waals surface area contributed by atoms with Gasteiger partial charge in [-0.3, -0.25) is 0 Å². The van der Waals surface area contributed by atoms with Crippen LogP contribution in [0.3, 0.4) is 0 Å². The number of thiophene rings is 1. The van der Waals surface area contributed by atoms with Crippen LogP contribution in [0.25, 0.3) is 10.6 Å². The third kappa shape index (κ3) is 3.66. The summed E-state index contributed by atoms with van der Waals surface area (Å²) in [6.45, 7) is 4.12. The van der Waals surface area contributed by atoms with E-state index in [0.717, 1.165) is 50.7 Å². The van der Waals surface area contributed by atoms with Crippen molar-refractivity contribution in [2.24, 2.45) is 0 Å². The topological polar surface area (TPSA) is 38.1 Å². The number of aromatic nitrogens is 1. The molecule has 0 fully saturated rings. The Kier molecular flexibility index (Phi) is 5.41. The van der Waals surface area contributed by atoms with Crippen molar-refractivity contribution >= 4 is 43.2 Å². The van der Waals surface area contributed by atoms with E-state index in [1.165, 1.54) is 0 Å². The van der Waals surface area contributed by atoms with Gasteiger partial charge in [0.2, 0.25) is 0 Å². The smallest absolute Gasteiger partial charge is 0.194 e. The number of hydrogen-bond acceptors (Lipinski definition) is 4. The summed E-state index contributed by atoms with van der Waals surface area (Å²) in [5.41, 5.74) is 0. The molecule has 0 aliphatic rings. The molecule has 0 spiro atoms. The average Bonchev–Trinajstić information content (AvgIpc) is 2.93. The molecule has 3 nitrogen and oxygen atoms in total. The predicted molar refractivity (Wildman–Crippen MR) is 82.1 cm³/mol. The van der Waals surface area contributed by atoms with Gasteiger partial charge in [-0.2, -0.15) is 0 Å². The summed E-state index contributed by atoms with van der Waals surface area (Å²) in [5.74, 6) is 1.65. The van der Waals surface area contributed by atoms with Crippen LogP contribution in [0, 0.1) is 0 Å². The largest absolute Gasteiger partial charge is 0.440 e. The highest BCUT2D eigenvalue weighted by atomic mass is 79.9. The van der Waals surface area contributed by atoms with Crippen LogP contribution in [0.5, 0.6) is 0 Å². The van der Waals surface area contributed by atoms with E-state index < -0.39 is 0 Å². The molecule has 0 aliphatic heterocycles. The number of nitrogens with one attached hydrogen (secondary N) is 1. The van der Waals surface area contributed by atoms with Crippen LogP contribution in [0.15, 0.2) is 24.9 Å². The fourth-order valence-electron chi connectivity index (χ4n) is 1.55. The zero-order valence-electron chi connectivity index (χ0n) is 10.0. The average molecular weight is 394 g/mol. The summed E-state index contributed by atoms with van der Waals surface area (Å²) < 4.78 is 7.87. The number of aryl methyl sites for hydroxylation is 1. The van der Waals surface area contributed by atoms with E-state index in [1.54, 1.807) is 17.5 Å². The molecule has 2 heterocycles. The van der Waals surface area contributed by atoms with Gasteiger partial charge in [-0.15, -0.1) is 11.3 Å². The molecule has 0 bridgehead atoms. The number of halogens is 2. The maximum Gasteiger partial charge on any atom is 0.194 e. The molecule has 0 aliphatic carbocycles. The van der Waals surface area contributed by atoms with E-state index >= 15 is 0 Å². The zero-order valence-corrected chi connectivity index (χ0v) is 14.0. The molecular weight excluding hydrogens is 380 g/mol. The van der Waals surface area contributed by atoms with Crippen LogP contribution in [0.4, 0.5) is 0 Å². The molecule has 6 heteroatoms. The van der Waals surface area contributed by atoms with Crippen molar-refractivity contribution in [1.29, 1.82) is 0 Å². The first-order valence-electron chi connectivity index (χ1n) is 5.81. The van der Waals surface area contributed by atoms with Crippen molar-refractivity contribution in [2.45, 2.75) is 19.8 Å². The molecule has 18 heavy (non-hydrogen) atoms. The quantitative estimate of drug-likeness (QED) is 0.735. The minimum Gasteiger partial charge on any atom is -0.440 e. The normalized spacial score (nSPS) is 11.1. The lowest BCUT2D eigenvalue weighted by Gasteiger charge is -1.98. The minimum atomic E-state index is 0.809. The van der Waals surface area contributed by atoms with Gasteiger partial charge in [0, 0.05) is 10.9 Å². The Hall–Kier alpha value is -0.170. The van der Waals surface area contributed by atoms with E-state index in [0.29, 0.717) is 0 Å². The number of nitrogens with zero attached hydrogens (tertiary/aromatic N) is 1. The molecule has 2 rings (SSSR count). The minimum absolute atomic E-state index is 0.809. The lowest BCUT2D eigenvalue weighted by atomic mass is 10.3. The molecule has 98 valence electrons. The lowest BCUT2D eigenvalue weighted by molar-refractivity contribution is 0.494. The highest BCUT2D eigenvalue weighted by Crippen LogP contribution is 2.38. The van der Waals surface area contributed by atoms with Gasteiger partial charge in [-0.1, -0.05) is 6.92 Å². The molecule has 0 radical (unpaired) electrons. The van der Waals surface area contributed by atoms with E-state index in [1.807, 2.05) is 6.07 Å². The molecule has 0 aromatic carbocycles. The van der Waals surface area contributed by atoms with Crippen molar-refractivity contribution in [1.82, 2.24) is 10.3 Å². The second-order valence-electron chi connectivity index (χ2n) is 3.81. The SMILES string of the molecule is CCNCCCc1ncc(-c2cc(Br)c(Br)s2)o1. The first kappa shape index (κ1) is 14.2. The molecule has 2 aromatic rings. The van der Waals surface area contributed by atoms with Gasteiger partial charge in [-0.05, 0) is 57.4 Å². The van der Waals surface area contributed by atoms with Crippen LogP contribution < -0.4 is 5.32 Å². The monoisotopic (exact) mass is 392 g/mol. The van der Waals surface area contributed by atoms with Crippen LogP contribution in [0.1, 0.15) is 19.2 Å². The van der Waals surface area contributed by atoms with Gasteiger partial charge >= 0.3 is 0 Å². The number of oxazole rings is 1. The molecule has 1 N–H and O–H groups in total. The Morgan fingerprint density at radius 1 is 1.44 bits per heavy atom. The van der Waals surface area contributed by atoms with Crippen molar-refractivity contribution in [3.8, 4) is 10.6 Å². The Labute approximate surface area is 127 Å². The second-order valence-corrected chi connectivity index (χ2v) is 7.03. The number of rotatable bonds is 6. The predicted octanol–water partition coefficient (Wildman–Crippen LogP) is 4.47. The summed E-state index contributed by atoms with van der Waals surface area (Å²) in [6.07, 6.45) is 3.72. The van der Waals surface area contributed by atoms with E-state index in [-0.39, 0.29) is 0 Å². The van der Waals surface area contributed by atoms with Gasteiger partial charge in [0.05, 0.1) is 14.9 Å². The highest BCUT2D eigenvalue weighted by Gasteiger charge is 2.11. The van der Waals surface area contributed by atoms with Gasteiger partial charge in [0.25, 0.3) is 0 Å². The summed E-state index contributed by atoms with van der Waals surface area (Å²) in [6, 6.07) is 2.04. The van der Waals surface area contributed by atoms with Gasteiger partial charge in [-0.25, -0.2) is 4.98 Å². The molecule has 0 saturated heterocycles. The number of hydrogen-bond donors (Lipinski definition) is 1. The summed E-state index contributed by atoms with van der Waals surface area (Å²) in [4.78, 5) is 5.39. The molecule has 0 saturated carbocycles. The molecule has 0 unspecified atom stereocenters.